The van der Waals surface area contributed by atoms with E-state index in [2.05, 4.69) is 19.2 Å². The summed E-state index contributed by atoms with van der Waals surface area (Å²) in [6.07, 6.45) is 2.04. The molecule has 0 spiro atoms. The predicted molar refractivity (Wildman–Crippen MR) is 82.0 cm³/mol. The van der Waals surface area contributed by atoms with Crippen LogP contribution in [0.1, 0.15) is 32.3 Å². The summed E-state index contributed by atoms with van der Waals surface area (Å²) in [6.45, 7) is 7.59. The van der Waals surface area contributed by atoms with E-state index in [4.69, 9.17) is 4.74 Å². The molecular weight excluding hydrogens is 250 g/mol. The third-order valence-electron chi connectivity index (χ3n) is 4.51. The van der Waals surface area contributed by atoms with Crippen molar-refractivity contribution in [3.63, 3.8) is 0 Å². The molecule has 1 fully saturated rings. The van der Waals surface area contributed by atoms with Crippen LogP contribution in [0.15, 0.2) is 24.3 Å². The van der Waals surface area contributed by atoms with Gasteiger partial charge in [0.25, 0.3) is 0 Å². The number of aryl methyl sites for hydroxylation is 1. The molecule has 1 saturated carbocycles. The zero-order valence-electron chi connectivity index (χ0n) is 12.8. The second-order valence-corrected chi connectivity index (χ2v) is 6.21. The second-order valence-electron chi connectivity index (χ2n) is 6.21. The van der Waals surface area contributed by atoms with E-state index in [1.54, 1.807) is 0 Å². The van der Waals surface area contributed by atoms with Crippen LogP contribution in [0.4, 0.5) is 0 Å². The van der Waals surface area contributed by atoms with Crippen molar-refractivity contribution in [2.45, 2.75) is 45.8 Å². The van der Waals surface area contributed by atoms with Crippen molar-refractivity contribution in [2.24, 2.45) is 11.8 Å². The van der Waals surface area contributed by atoms with Crippen LogP contribution in [0.5, 0.6) is 5.75 Å². The summed E-state index contributed by atoms with van der Waals surface area (Å²) in [6, 6.07) is 8.46. The average molecular weight is 277 g/mol. The van der Waals surface area contributed by atoms with Gasteiger partial charge in [0.15, 0.2) is 0 Å². The van der Waals surface area contributed by atoms with Crippen LogP contribution in [0.2, 0.25) is 0 Å². The van der Waals surface area contributed by atoms with E-state index in [0.717, 1.165) is 11.7 Å². The number of hydrogen-bond donors (Lipinski definition) is 2. The highest BCUT2D eigenvalue weighted by molar-refractivity contribution is 5.27. The van der Waals surface area contributed by atoms with E-state index in [1.165, 1.54) is 18.4 Å². The van der Waals surface area contributed by atoms with Crippen LogP contribution in [0.3, 0.4) is 0 Å². The molecule has 1 aromatic rings. The molecule has 0 aliphatic heterocycles. The zero-order chi connectivity index (χ0) is 14.5. The van der Waals surface area contributed by atoms with Crippen molar-refractivity contribution in [1.82, 2.24) is 5.32 Å². The third-order valence-corrected chi connectivity index (χ3v) is 4.51. The number of aliphatic hydroxyl groups excluding tert-OH is 1. The highest BCUT2D eigenvalue weighted by Gasteiger charge is 2.29. The SMILES string of the molecule is Cc1cccc(OCC(O)CNC2CCC(C)C2C)c1. The van der Waals surface area contributed by atoms with Crippen LogP contribution < -0.4 is 10.1 Å². The van der Waals surface area contributed by atoms with E-state index in [9.17, 15) is 5.11 Å². The molecule has 2 rings (SSSR count). The monoisotopic (exact) mass is 277 g/mol. The van der Waals surface area contributed by atoms with Gasteiger partial charge >= 0.3 is 0 Å². The molecule has 0 aromatic heterocycles. The van der Waals surface area contributed by atoms with Crippen molar-refractivity contribution >= 4 is 0 Å². The van der Waals surface area contributed by atoms with E-state index in [0.29, 0.717) is 25.1 Å². The van der Waals surface area contributed by atoms with Gasteiger partial charge < -0.3 is 15.2 Å². The van der Waals surface area contributed by atoms with Crippen molar-refractivity contribution < 1.29 is 9.84 Å². The molecule has 4 atom stereocenters. The van der Waals surface area contributed by atoms with Crippen LogP contribution in [0.25, 0.3) is 0 Å². The highest BCUT2D eigenvalue weighted by atomic mass is 16.5. The minimum absolute atomic E-state index is 0.340. The Morgan fingerprint density at radius 1 is 1.35 bits per heavy atom. The first-order valence-electron chi connectivity index (χ1n) is 7.67. The molecule has 112 valence electrons. The van der Waals surface area contributed by atoms with Gasteiger partial charge in [-0.1, -0.05) is 26.0 Å². The van der Waals surface area contributed by atoms with E-state index in [-0.39, 0.29) is 0 Å². The van der Waals surface area contributed by atoms with Crippen molar-refractivity contribution in [3.05, 3.63) is 29.8 Å². The molecule has 1 aliphatic rings. The summed E-state index contributed by atoms with van der Waals surface area (Å²) in [5.74, 6) is 2.31. The number of nitrogens with one attached hydrogen (secondary N) is 1. The van der Waals surface area contributed by atoms with Crippen LogP contribution in [-0.2, 0) is 0 Å². The Morgan fingerprint density at radius 2 is 2.15 bits per heavy atom. The molecule has 2 N–H and O–H groups in total. The third kappa shape index (κ3) is 4.22. The molecule has 1 aromatic carbocycles. The summed E-state index contributed by atoms with van der Waals surface area (Å²) >= 11 is 0. The number of rotatable bonds is 6. The Bertz CT molecular complexity index is 421. The number of aliphatic hydroxyl groups is 1. The Labute approximate surface area is 122 Å². The zero-order valence-corrected chi connectivity index (χ0v) is 12.8. The smallest absolute Gasteiger partial charge is 0.119 e. The van der Waals surface area contributed by atoms with Crippen LogP contribution >= 0.6 is 0 Å². The molecule has 0 amide bonds. The van der Waals surface area contributed by atoms with Gasteiger partial charge in [-0.25, -0.2) is 0 Å². The fourth-order valence-electron chi connectivity index (χ4n) is 2.90. The molecule has 4 unspecified atom stereocenters. The van der Waals surface area contributed by atoms with E-state index < -0.39 is 6.10 Å². The van der Waals surface area contributed by atoms with Gasteiger partial charge in [0, 0.05) is 12.6 Å². The number of benzene rings is 1. The van der Waals surface area contributed by atoms with Crippen LogP contribution in [-0.4, -0.2) is 30.4 Å². The molecule has 0 saturated heterocycles. The average Bonchev–Trinajstić information content (AvgIpc) is 2.74. The normalized spacial score (nSPS) is 27.5. The Morgan fingerprint density at radius 3 is 2.80 bits per heavy atom. The van der Waals surface area contributed by atoms with Crippen LogP contribution in [0, 0.1) is 18.8 Å². The lowest BCUT2D eigenvalue weighted by Gasteiger charge is -2.21. The summed E-state index contributed by atoms with van der Waals surface area (Å²) in [4.78, 5) is 0. The Hall–Kier alpha value is -1.06. The fraction of sp³-hybridized carbons (Fsp3) is 0.647. The summed E-state index contributed by atoms with van der Waals surface area (Å²) < 4.78 is 5.62. The fourth-order valence-corrected chi connectivity index (χ4v) is 2.90. The van der Waals surface area contributed by atoms with Gasteiger partial charge in [-0.3, -0.25) is 0 Å². The minimum Gasteiger partial charge on any atom is -0.491 e. The maximum absolute atomic E-state index is 10.0. The lowest BCUT2D eigenvalue weighted by molar-refractivity contribution is 0.102. The Balaban J connectivity index is 1.69. The van der Waals surface area contributed by atoms with E-state index in [1.807, 2.05) is 31.2 Å². The molecule has 1 aliphatic carbocycles. The van der Waals surface area contributed by atoms with Crippen molar-refractivity contribution in [3.8, 4) is 5.75 Å². The molecular formula is C17H27NO2. The Kier molecular flexibility index (Phi) is 5.44. The highest BCUT2D eigenvalue weighted by Crippen LogP contribution is 2.30. The lowest BCUT2D eigenvalue weighted by Crippen LogP contribution is -2.39. The van der Waals surface area contributed by atoms with Gasteiger partial charge in [-0.2, -0.15) is 0 Å². The predicted octanol–water partition coefficient (Wildman–Crippen LogP) is 2.76. The first kappa shape index (κ1) is 15.3. The van der Waals surface area contributed by atoms with Gasteiger partial charge in [-0.15, -0.1) is 0 Å². The maximum Gasteiger partial charge on any atom is 0.119 e. The molecule has 3 nitrogen and oxygen atoms in total. The van der Waals surface area contributed by atoms with Gasteiger partial charge in [-0.05, 0) is 49.3 Å². The minimum atomic E-state index is -0.460. The van der Waals surface area contributed by atoms with Crippen molar-refractivity contribution in [2.75, 3.05) is 13.2 Å². The largest absolute Gasteiger partial charge is 0.491 e. The quantitative estimate of drug-likeness (QED) is 0.840. The van der Waals surface area contributed by atoms with E-state index >= 15 is 0 Å². The van der Waals surface area contributed by atoms with Gasteiger partial charge in [0.1, 0.15) is 18.5 Å². The second kappa shape index (κ2) is 7.09. The standard InChI is InChI=1S/C17H27NO2/c1-12-5-4-6-16(9-12)20-11-15(19)10-18-17-8-7-13(2)14(17)3/h4-6,9,13-15,17-19H,7-8,10-11H2,1-3H3. The summed E-state index contributed by atoms with van der Waals surface area (Å²) in [5.41, 5.74) is 1.17. The number of ether oxygens (including phenoxy) is 1. The summed E-state index contributed by atoms with van der Waals surface area (Å²) in [5, 5.41) is 13.5. The first-order valence-corrected chi connectivity index (χ1v) is 7.67. The molecule has 3 heteroatoms. The molecule has 0 bridgehead atoms. The van der Waals surface area contributed by atoms with Gasteiger partial charge in [0.2, 0.25) is 0 Å². The first-order chi connectivity index (χ1) is 9.56. The number of hydrogen-bond acceptors (Lipinski definition) is 3. The molecule has 0 radical (unpaired) electrons. The molecule has 0 heterocycles. The van der Waals surface area contributed by atoms with Gasteiger partial charge in [0.05, 0.1) is 0 Å². The topological polar surface area (TPSA) is 41.5 Å². The summed E-state index contributed by atoms with van der Waals surface area (Å²) in [7, 11) is 0. The maximum atomic E-state index is 10.0. The molecule has 20 heavy (non-hydrogen) atoms. The lowest BCUT2D eigenvalue weighted by atomic mass is 9.98. The van der Waals surface area contributed by atoms with Crippen molar-refractivity contribution in [1.29, 1.82) is 0 Å².